The van der Waals surface area contributed by atoms with Crippen molar-refractivity contribution in [2.24, 2.45) is 0 Å². The molecule has 9 heteroatoms. The molecule has 0 unspecified atom stereocenters. The molecule has 2 atom stereocenters. The van der Waals surface area contributed by atoms with Gasteiger partial charge >= 0.3 is 0 Å². The predicted molar refractivity (Wildman–Crippen MR) is 123 cm³/mol. The average Bonchev–Trinajstić information content (AvgIpc) is 3.23. The van der Waals surface area contributed by atoms with E-state index in [0.29, 0.717) is 54.6 Å². The number of carbonyl (C=O) groups excluding carboxylic acids is 2. The second-order valence-corrected chi connectivity index (χ2v) is 8.87. The van der Waals surface area contributed by atoms with Crippen LogP contribution in [0.25, 0.3) is 0 Å². The van der Waals surface area contributed by atoms with Crippen LogP contribution < -0.4 is 15.0 Å². The van der Waals surface area contributed by atoms with E-state index < -0.39 is 17.7 Å². The Labute approximate surface area is 196 Å². The smallest absolute Gasteiger partial charge is 0.247 e. The highest BCUT2D eigenvalue weighted by Gasteiger charge is 2.30. The van der Waals surface area contributed by atoms with Crippen LogP contribution in [0.1, 0.15) is 32.6 Å². The molecule has 2 aromatic carbocycles. The van der Waals surface area contributed by atoms with Gasteiger partial charge in [0.25, 0.3) is 0 Å². The molecule has 0 spiro atoms. The second-order valence-electron chi connectivity index (χ2n) is 8.46. The van der Waals surface area contributed by atoms with Crippen molar-refractivity contribution in [3.8, 4) is 5.75 Å². The molecule has 0 bridgehead atoms. The lowest BCUT2D eigenvalue weighted by Gasteiger charge is -2.33. The van der Waals surface area contributed by atoms with Crippen LogP contribution in [0.5, 0.6) is 5.75 Å². The van der Waals surface area contributed by atoms with Crippen molar-refractivity contribution >= 4 is 34.8 Å². The number of hydrogen-bond acceptors (Lipinski definition) is 4. The number of halogens is 3. The maximum Gasteiger partial charge on any atom is 0.247 e. The molecule has 0 radical (unpaired) electrons. The summed E-state index contributed by atoms with van der Waals surface area (Å²) in [5, 5.41) is 3.19. The number of piperidine rings is 1. The van der Waals surface area contributed by atoms with Gasteiger partial charge in [-0.15, -0.1) is 0 Å². The fraction of sp³-hybridized carbons (Fsp3) is 0.417. The first-order chi connectivity index (χ1) is 15.8. The van der Waals surface area contributed by atoms with Gasteiger partial charge in [-0.05, 0) is 49.6 Å². The molecule has 2 heterocycles. The lowest BCUT2D eigenvalue weighted by Crippen LogP contribution is -2.49. The minimum absolute atomic E-state index is 0.108. The van der Waals surface area contributed by atoms with Gasteiger partial charge in [0, 0.05) is 43.9 Å². The van der Waals surface area contributed by atoms with Crippen molar-refractivity contribution in [3.05, 3.63) is 53.1 Å². The molecule has 2 saturated heterocycles. The van der Waals surface area contributed by atoms with E-state index in [-0.39, 0.29) is 17.9 Å². The van der Waals surface area contributed by atoms with E-state index in [4.69, 9.17) is 16.3 Å². The Morgan fingerprint density at radius 1 is 1.06 bits per heavy atom. The summed E-state index contributed by atoms with van der Waals surface area (Å²) in [6.07, 6.45) is 2.91. The minimum Gasteiger partial charge on any atom is -0.487 e. The topological polar surface area (TPSA) is 61.9 Å². The summed E-state index contributed by atoms with van der Waals surface area (Å²) < 4.78 is 33.1. The van der Waals surface area contributed by atoms with Crippen molar-refractivity contribution in [2.45, 2.75) is 44.8 Å². The average molecular weight is 478 g/mol. The summed E-state index contributed by atoms with van der Waals surface area (Å²) in [5.74, 6) is -1.11. The molecular formula is C24H26ClF2N3O3. The highest BCUT2D eigenvalue weighted by molar-refractivity contribution is 6.32. The molecular weight excluding hydrogens is 452 g/mol. The summed E-state index contributed by atoms with van der Waals surface area (Å²) in [4.78, 5) is 28.1. The molecule has 33 heavy (non-hydrogen) atoms. The van der Waals surface area contributed by atoms with Crippen LogP contribution in [0, 0.1) is 11.6 Å². The van der Waals surface area contributed by atoms with E-state index >= 15 is 0 Å². The van der Waals surface area contributed by atoms with Crippen molar-refractivity contribution in [3.63, 3.8) is 0 Å². The second kappa shape index (κ2) is 9.95. The summed E-state index contributed by atoms with van der Waals surface area (Å²) in [6, 6.07) is 7.97. The Balaban J connectivity index is 1.37. The number of likely N-dealkylation sites (tertiary alicyclic amines) is 1. The molecule has 2 aliphatic rings. The van der Waals surface area contributed by atoms with Gasteiger partial charge in [-0.2, -0.15) is 0 Å². The van der Waals surface area contributed by atoms with Crippen molar-refractivity contribution in [2.75, 3.05) is 29.9 Å². The lowest BCUT2D eigenvalue weighted by atomic mass is 10.0. The summed E-state index contributed by atoms with van der Waals surface area (Å²) >= 11 is 6.40. The molecule has 2 fully saturated rings. The maximum absolute atomic E-state index is 13.5. The normalized spacial score (nSPS) is 20.6. The predicted octanol–water partition coefficient (Wildman–Crippen LogP) is 4.62. The molecule has 176 valence electrons. The van der Waals surface area contributed by atoms with Gasteiger partial charge in [0.2, 0.25) is 11.8 Å². The van der Waals surface area contributed by atoms with Crippen LogP contribution in [0.3, 0.4) is 0 Å². The van der Waals surface area contributed by atoms with E-state index in [9.17, 15) is 18.4 Å². The fourth-order valence-corrected chi connectivity index (χ4v) is 4.67. The Bertz CT molecular complexity index is 1030. The van der Waals surface area contributed by atoms with Gasteiger partial charge in [0.05, 0.1) is 11.6 Å². The monoisotopic (exact) mass is 477 g/mol. The van der Waals surface area contributed by atoms with Crippen LogP contribution >= 0.6 is 11.6 Å². The Kier molecular flexibility index (Phi) is 7.02. The third kappa shape index (κ3) is 5.55. The number of nitrogens with zero attached hydrogens (tertiary/aromatic N) is 2. The molecule has 6 nitrogen and oxygen atoms in total. The van der Waals surface area contributed by atoms with Gasteiger partial charge < -0.3 is 19.9 Å². The number of anilines is 2. The maximum atomic E-state index is 13.5. The molecule has 4 rings (SSSR count). The van der Waals surface area contributed by atoms with Gasteiger partial charge in [-0.25, -0.2) is 8.78 Å². The highest BCUT2D eigenvalue weighted by atomic mass is 35.5. The number of nitrogens with one attached hydrogen (secondary N) is 1. The number of benzene rings is 2. The van der Waals surface area contributed by atoms with Crippen molar-refractivity contribution in [1.82, 2.24) is 4.90 Å². The largest absolute Gasteiger partial charge is 0.487 e. The van der Waals surface area contributed by atoms with E-state index in [1.807, 2.05) is 4.90 Å². The van der Waals surface area contributed by atoms with Crippen molar-refractivity contribution in [1.29, 1.82) is 0 Å². The van der Waals surface area contributed by atoms with Gasteiger partial charge in [-0.1, -0.05) is 11.6 Å². The van der Waals surface area contributed by atoms with Crippen LogP contribution in [0.4, 0.5) is 20.2 Å². The lowest BCUT2D eigenvalue weighted by molar-refractivity contribution is -0.138. The third-order valence-electron chi connectivity index (χ3n) is 6.06. The zero-order valence-electron chi connectivity index (χ0n) is 18.3. The van der Waals surface area contributed by atoms with E-state index in [1.54, 1.807) is 23.1 Å². The first-order valence-corrected chi connectivity index (χ1v) is 11.4. The number of rotatable bonds is 5. The molecule has 2 aliphatic heterocycles. The van der Waals surface area contributed by atoms with Crippen LogP contribution in [-0.4, -0.2) is 48.5 Å². The Morgan fingerprint density at radius 3 is 2.52 bits per heavy atom. The standard InChI is InChI=1S/C24H26ClF2N3O3/c1-15(31)30-8-3-2-4-22(30)24(32)28-18-5-6-23(21(25)13-18)33-20-7-9-29(14-20)19-11-16(26)10-17(27)12-19/h5-6,10-13,20,22H,2-4,7-9,14H2,1H3,(H,28,32)/t20-,22+/m0/s1. The van der Waals surface area contributed by atoms with Crippen LogP contribution in [-0.2, 0) is 9.59 Å². The van der Waals surface area contributed by atoms with Crippen LogP contribution in [0.15, 0.2) is 36.4 Å². The molecule has 0 aromatic heterocycles. The zero-order valence-corrected chi connectivity index (χ0v) is 19.1. The van der Waals surface area contributed by atoms with Gasteiger partial charge in [0.1, 0.15) is 29.5 Å². The highest BCUT2D eigenvalue weighted by Crippen LogP contribution is 2.31. The fourth-order valence-electron chi connectivity index (χ4n) is 4.44. The summed E-state index contributed by atoms with van der Waals surface area (Å²) in [5.41, 5.74) is 1.000. The molecule has 2 amide bonds. The first kappa shape index (κ1) is 23.3. The summed E-state index contributed by atoms with van der Waals surface area (Å²) in [7, 11) is 0. The number of amides is 2. The first-order valence-electron chi connectivity index (χ1n) is 11.1. The molecule has 0 saturated carbocycles. The summed E-state index contributed by atoms with van der Waals surface area (Å²) in [6.45, 7) is 3.14. The van der Waals surface area contributed by atoms with Crippen LogP contribution in [0.2, 0.25) is 5.02 Å². The van der Waals surface area contributed by atoms with E-state index in [1.165, 1.54) is 19.1 Å². The molecule has 0 aliphatic carbocycles. The Morgan fingerprint density at radius 2 is 1.82 bits per heavy atom. The molecule has 1 N–H and O–H groups in total. The third-order valence-corrected chi connectivity index (χ3v) is 6.36. The van der Waals surface area contributed by atoms with Gasteiger partial charge in [-0.3, -0.25) is 9.59 Å². The minimum atomic E-state index is -0.616. The zero-order chi connectivity index (χ0) is 23.5. The molecule has 2 aromatic rings. The van der Waals surface area contributed by atoms with Crippen molar-refractivity contribution < 1.29 is 23.1 Å². The quantitative estimate of drug-likeness (QED) is 0.683. The van der Waals surface area contributed by atoms with E-state index in [2.05, 4.69) is 5.32 Å². The number of hydrogen-bond donors (Lipinski definition) is 1. The number of ether oxygens (including phenoxy) is 1. The number of carbonyl (C=O) groups is 2. The van der Waals surface area contributed by atoms with E-state index in [0.717, 1.165) is 18.9 Å². The Hall–Kier alpha value is -2.87. The SMILES string of the molecule is CC(=O)N1CCCC[C@@H]1C(=O)Nc1ccc(O[C@H]2CCN(c3cc(F)cc(F)c3)C2)c(Cl)c1. The van der Waals surface area contributed by atoms with Gasteiger partial charge in [0.15, 0.2) is 0 Å².